The van der Waals surface area contributed by atoms with Gasteiger partial charge in [0.15, 0.2) is 17.6 Å². The number of nitrogens with zero attached hydrogens (tertiary/aromatic N) is 2. The van der Waals surface area contributed by atoms with Gasteiger partial charge in [0, 0.05) is 37.5 Å². The van der Waals surface area contributed by atoms with Crippen molar-refractivity contribution in [3.8, 4) is 11.5 Å². The molecule has 192 valence electrons. The van der Waals surface area contributed by atoms with Crippen molar-refractivity contribution in [1.82, 2.24) is 9.80 Å². The zero-order valence-corrected chi connectivity index (χ0v) is 21.2. The molecule has 3 aliphatic carbocycles. The monoisotopic (exact) mass is 498 g/mol. The minimum absolute atomic E-state index is 0.0281. The van der Waals surface area contributed by atoms with Crippen LogP contribution in [0, 0.1) is 5.92 Å². The molecule has 4 atom stereocenters. The zero-order chi connectivity index (χ0) is 24.9. The van der Waals surface area contributed by atoms with Gasteiger partial charge in [-0.25, -0.2) is 0 Å². The van der Waals surface area contributed by atoms with E-state index in [0.717, 1.165) is 49.5 Å². The SMILES string of the molecule is O=C1CCC2=C([C@@H]3Oc4c(O)ccc5c4[C@@]34CCN(CC3CC3)[C@H](C5)[C@]4(O)C2)N1CCc1ccccc1. The second-order valence-electron chi connectivity index (χ2n) is 12.2. The maximum atomic E-state index is 13.4. The van der Waals surface area contributed by atoms with Gasteiger partial charge in [0.25, 0.3) is 0 Å². The number of hydrogen-bond acceptors (Lipinski definition) is 5. The summed E-state index contributed by atoms with van der Waals surface area (Å²) >= 11 is 0. The Hall–Kier alpha value is -2.83. The number of ether oxygens (including phenoxy) is 1. The normalized spacial score (nSPS) is 33.8. The number of benzene rings is 2. The van der Waals surface area contributed by atoms with Crippen molar-refractivity contribution >= 4 is 5.91 Å². The number of rotatable bonds is 5. The van der Waals surface area contributed by atoms with Crippen LogP contribution in [0.25, 0.3) is 0 Å². The first-order valence-corrected chi connectivity index (χ1v) is 14.0. The third-order valence-corrected chi connectivity index (χ3v) is 10.3. The molecule has 6 heteroatoms. The predicted molar refractivity (Wildman–Crippen MR) is 138 cm³/mol. The Labute approximate surface area is 217 Å². The standard InChI is InChI=1S/C31H34N2O4/c34-23-10-8-21-16-24-31(36)17-22-9-11-25(35)33(14-12-19-4-2-1-3-5-19)27(22)29-30(31,26(21)28(23)37-29)13-15-32(24)18-20-6-7-20/h1-5,8,10,20,24,29,34,36H,6-7,9,11-18H2/t24-,29+,30+,31-/m1/s1. The lowest BCUT2D eigenvalue weighted by Crippen LogP contribution is -2.76. The summed E-state index contributed by atoms with van der Waals surface area (Å²) in [4.78, 5) is 17.9. The molecule has 1 amide bonds. The Bertz CT molecular complexity index is 1330. The highest BCUT2D eigenvalue weighted by atomic mass is 16.5. The summed E-state index contributed by atoms with van der Waals surface area (Å²) in [5, 5.41) is 23.8. The Balaban J connectivity index is 1.26. The highest BCUT2D eigenvalue weighted by molar-refractivity contribution is 5.81. The van der Waals surface area contributed by atoms with E-state index in [4.69, 9.17) is 4.74 Å². The van der Waals surface area contributed by atoms with Crippen molar-refractivity contribution in [2.24, 2.45) is 5.92 Å². The molecule has 0 radical (unpaired) electrons. The molecule has 0 aromatic heterocycles. The second kappa shape index (κ2) is 7.61. The fraction of sp³-hybridized carbons (Fsp3) is 0.516. The number of likely N-dealkylation sites (tertiary alicyclic amines) is 1. The average molecular weight is 499 g/mol. The van der Waals surface area contributed by atoms with E-state index in [-0.39, 0.29) is 17.7 Å². The number of carbonyl (C=O) groups excluding carboxylic acids is 1. The van der Waals surface area contributed by atoms with Crippen LogP contribution in [0.3, 0.4) is 0 Å². The Morgan fingerprint density at radius 3 is 2.73 bits per heavy atom. The van der Waals surface area contributed by atoms with Crippen molar-refractivity contribution in [3.63, 3.8) is 0 Å². The van der Waals surface area contributed by atoms with Crippen LogP contribution < -0.4 is 4.74 Å². The molecule has 1 saturated carbocycles. The number of phenols is 1. The summed E-state index contributed by atoms with van der Waals surface area (Å²) in [7, 11) is 0. The molecule has 2 bridgehead atoms. The van der Waals surface area contributed by atoms with Crippen LogP contribution in [-0.4, -0.2) is 63.3 Å². The highest BCUT2D eigenvalue weighted by Gasteiger charge is 2.73. The van der Waals surface area contributed by atoms with Crippen molar-refractivity contribution < 1.29 is 19.7 Å². The molecule has 2 fully saturated rings. The minimum Gasteiger partial charge on any atom is -0.504 e. The molecule has 3 heterocycles. The van der Waals surface area contributed by atoms with Crippen molar-refractivity contribution in [1.29, 1.82) is 0 Å². The first kappa shape index (κ1) is 22.2. The van der Waals surface area contributed by atoms with Crippen LogP contribution in [0.15, 0.2) is 53.7 Å². The first-order valence-electron chi connectivity index (χ1n) is 14.0. The van der Waals surface area contributed by atoms with Gasteiger partial charge >= 0.3 is 0 Å². The van der Waals surface area contributed by atoms with E-state index in [1.165, 1.54) is 29.5 Å². The van der Waals surface area contributed by atoms with Gasteiger partial charge in [0.05, 0.1) is 16.7 Å². The smallest absolute Gasteiger partial charge is 0.227 e. The lowest BCUT2D eigenvalue weighted by atomic mass is 9.48. The maximum absolute atomic E-state index is 13.4. The average Bonchev–Trinajstić information content (AvgIpc) is 3.64. The molecule has 6 nitrogen and oxygen atoms in total. The third-order valence-electron chi connectivity index (χ3n) is 10.3. The van der Waals surface area contributed by atoms with Gasteiger partial charge in [-0.15, -0.1) is 0 Å². The Morgan fingerprint density at radius 2 is 1.92 bits per heavy atom. The summed E-state index contributed by atoms with van der Waals surface area (Å²) in [5.74, 6) is 1.57. The Morgan fingerprint density at radius 1 is 1.08 bits per heavy atom. The second-order valence-corrected chi connectivity index (χ2v) is 12.2. The molecule has 0 unspecified atom stereocenters. The highest BCUT2D eigenvalue weighted by Crippen LogP contribution is 2.67. The number of fused-ring (bicyclic) bond motifs is 1. The maximum Gasteiger partial charge on any atom is 0.227 e. The molecule has 8 rings (SSSR count). The van der Waals surface area contributed by atoms with Gasteiger partial charge in [0.1, 0.15) is 0 Å². The van der Waals surface area contributed by atoms with Gasteiger partial charge in [-0.1, -0.05) is 36.4 Å². The number of aromatic hydroxyl groups is 1. The lowest BCUT2D eigenvalue weighted by molar-refractivity contribution is -0.172. The predicted octanol–water partition coefficient (Wildman–Crippen LogP) is 3.69. The fourth-order valence-corrected chi connectivity index (χ4v) is 8.46. The van der Waals surface area contributed by atoms with Gasteiger partial charge in [-0.05, 0) is 73.8 Å². The van der Waals surface area contributed by atoms with E-state index in [9.17, 15) is 15.0 Å². The quantitative estimate of drug-likeness (QED) is 0.658. The van der Waals surface area contributed by atoms with Gasteiger partial charge < -0.3 is 19.8 Å². The zero-order valence-electron chi connectivity index (χ0n) is 21.2. The van der Waals surface area contributed by atoms with Gasteiger partial charge in [0.2, 0.25) is 5.91 Å². The van der Waals surface area contributed by atoms with Crippen LogP contribution >= 0.6 is 0 Å². The summed E-state index contributed by atoms with van der Waals surface area (Å²) < 4.78 is 6.72. The summed E-state index contributed by atoms with van der Waals surface area (Å²) in [6, 6.07) is 14.1. The van der Waals surface area contributed by atoms with Crippen LogP contribution in [0.1, 0.15) is 55.2 Å². The van der Waals surface area contributed by atoms with Gasteiger partial charge in [-0.2, -0.15) is 0 Å². The minimum atomic E-state index is -0.971. The molecular weight excluding hydrogens is 464 g/mol. The molecule has 1 saturated heterocycles. The topological polar surface area (TPSA) is 73.2 Å². The van der Waals surface area contributed by atoms with E-state index in [2.05, 4.69) is 17.0 Å². The van der Waals surface area contributed by atoms with E-state index in [0.29, 0.717) is 31.6 Å². The lowest BCUT2D eigenvalue weighted by Gasteiger charge is -2.64. The summed E-state index contributed by atoms with van der Waals surface area (Å²) in [6.45, 7) is 2.57. The first-order chi connectivity index (χ1) is 18.0. The van der Waals surface area contributed by atoms with Crippen LogP contribution in [0.2, 0.25) is 0 Å². The summed E-state index contributed by atoms with van der Waals surface area (Å²) in [6.07, 6.45) is 6.20. The molecule has 37 heavy (non-hydrogen) atoms. The third kappa shape index (κ3) is 2.91. The van der Waals surface area contributed by atoms with E-state index >= 15 is 0 Å². The molecule has 2 aromatic carbocycles. The molecule has 3 aliphatic heterocycles. The van der Waals surface area contributed by atoms with Crippen molar-refractivity contribution in [2.45, 2.75) is 74.5 Å². The van der Waals surface area contributed by atoms with E-state index < -0.39 is 17.1 Å². The molecule has 1 spiro atoms. The number of piperidine rings is 1. The van der Waals surface area contributed by atoms with E-state index in [1.807, 2.05) is 29.2 Å². The Kier molecular flexibility index (Phi) is 4.56. The van der Waals surface area contributed by atoms with Crippen LogP contribution in [0.4, 0.5) is 0 Å². The largest absolute Gasteiger partial charge is 0.504 e. The molecule has 6 aliphatic rings. The number of amides is 1. The van der Waals surface area contributed by atoms with Crippen molar-refractivity contribution in [2.75, 3.05) is 19.6 Å². The van der Waals surface area contributed by atoms with E-state index in [1.54, 1.807) is 6.07 Å². The fourth-order valence-electron chi connectivity index (χ4n) is 8.46. The number of phenolic OH excluding ortho intramolecular Hbond substituents is 1. The number of carbonyl (C=O) groups is 1. The number of aliphatic hydroxyl groups is 1. The summed E-state index contributed by atoms with van der Waals surface area (Å²) in [5.41, 5.74) is 3.93. The molecule has 2 aromatic rings. The molecular formula is C31H34N2O4. The molecule has 2 N–H and O–H groups in total. The van der Waals surface area contributed by atoms with Crippen molar-refractivity contribution in [3.05, 3.63) is 70.4 Å². The van der Waals surface area contributed by atoms with Gasteiger partial charge in [-0.3, -0.25) is 9.69 Å². The number of hydrogen-bond donors (Lipinski definition) is 2. The van der Waals surface area contributed by atoms with Crippen LogP contribution in [0.5, 0.6) is 11.5 Å². The van der Waals surface area contributed by atoms with Crippen LogP contribution in [-0.2, 0) is 23.1 Å².